The second-order valence-electron chi connectivity index (χ2n) is 6.31. The van der Waals surface area contributed by atoms with Crippen molar-refractivity contribution < 1.29 is 17.9 Å². The van der Waals surface area contributed by atoms with Gasteiger partial charge in [-0.15, -0.1) is 0 Å². The largest absolute Gasteiger partial charge is 0.497 e. The number of fused-ring (bicyclic) bond motifs is 1. The standard InChI is InChI=1S/C19H21N3O4S2/c1-21(28(3,24)25)13-18(23)22(12-14-7-5-4-6-8-14)19-20-16-10-9-15(26-2)11-17(16)27-19/h4-11H,12-13H2,1-3H3. The minimum atomic E-state index is -3.47. The summed E-state index contributed by atoms with van der Waals surface area (Å²) in [5.41, 5.74) is 1.68. The van der Waals surface area contributed by atoms with Gasteiger partial charge in [0.25, 0.3) is 0 Å². The van der Waals surface area contributed by atoms with Gasteiger partial charge in [0, 0.05) is 7.05 Å². The van der Waals surface area contributed by atoms with Gasteiger partial charge in [-0.2, -0.15) is 4.31 Å². The van der Waals surface area contributed by atoms with Crippen LogP contribution in [0.4, 0.5) is 5.13 Å². The van der Waals surface area contributed by atoms with E-state index in [1.165, 1.54) is 23.3 Å². The number of amides is 1. The molecule has 7 nitrogen and oxygen atoms in total. The van der Waals surface area contributed by atoms with Gasteiger partial charge in [0.2, 0.25) is 15.9 Å². The molecule has 0 aliphatic carbocycles. The highest BCUT2D eigenvalue weighted by molar-refractivity contribution is 7.88. The predicted octanol–water partition coefficient (Wildman–Crippen LogP) is 2.73. The summed E-state index contributed by atoms with van der Waals surface area (Å²) in [6.07, 6.45) is 1.08. The fraction of sp³-hybridized carbons (Fsp3) is 0.263. The van der Waals surface area contributed by atoms with Crippen molar-refractivity contribution in [1.29, 1.82) is 0 Å². The lowest BCUT2D eigenvalue weighted by Gasteiger charge is -2.22. The molecule has 0 bridgehead atoms. The molecule has 0 atom stereocenters. The van der Waals surface area contributed by atoms with Gasteiger partial charge in [0.15, 0.2) is 5.13 Å². The quantitative estimate of drug-likeness (QED) is 0.588. The molecule has 0 aliphatic rings. The Morgan fingerprint density at radius 2 is 1.89 bits per heavy atom. The average molecular weight is 420 g/mol. The highest BCUT2D eigenvalue weighted by Crippen LogP contribution is 2.32. The number of benzene rings is 2. The molecule has 0 N–H and O–H groups in total. The van der Waals surface area contributed by atoms with E-state index in [0.717, 1.165) is 26.3 Å². The van der Waals surface area contributed by atoms with Crippen LogP contribution in [0.1, 0.15) is 5.56 Å². The monoisotopic (exact) mass is 419 g/mol. The number of hydrogen-bond acceptors (Lipinski definition) is 6. The van der Waals surface area contributed by atoms with Crippen LogP contribution in [0.3, 0.4) is 0 Å². The van der Waals surface area contributed by atoms with Crippen molar-refractivity contribution in [3.05, 3.63) is 54.1 Å². The molecule has 3 rings (SSSR count). The number of rotatable bonds is 7. The lowest BCUT2D eigenvalue weighted by Crippen LogP contribution is -2.40. The van der Waals surface area contributed by atoms with Crippen LogP contribution in [0.2, 0.25) is 0 Å². The third-order valence-corrected chi connectivity index (χ3v) is 6.53. The number of aromatic nitrogens is 1. The Hall–Kier alpha value is -2.49. The van der Waals surface area contributed by atoms with E-state index >= 15 is 0 Å². The SMILES string of the molecule is COc1ccc2nc(N(Cc3ccccc3)C(=O)CN(C)S(C)(=O)=O)sc2c1. The number of hydrogen-bond donors (Lipinski definition) is 0. The van der Waals surface area contributed by atoms with Crippen LogP contribution in [0.5, 0.6) is 5.75 Å². The molecule has 0 spiro atoms. The summed E-state index contributed by atoms with van der Waals surface area (Å²) in [7, 11) is -0.489. The van der Waals surface area contributed by atoms with Crippen LogP contribution in [0, 0.1) is 0 Å². The fourth-order valence-electron chi connectivity index (χ4n) is 2.56. The van der Waals surface area contributed by atoms with E-state index in [0.29, 0.717) is 17.4 Å². The Morgan fingerprint density at radius 3 is 2.54 bits per heavy atom. The summed E-state index contributed by atoms with van der Waals surface area (Å²) in [5, 5.41) is 0.513. The summed E-state index contributed by atoms with van der Waals surface area (Å²) < 4.78 is 30.6. The summed E-state index contributed by atoms with van der Waals surface area (Å²) in [6, 6.07) is 15.0. The van der Waals surface area contributed by atoms with Crippen LogP contribution in [-0.2, 0) is 21.4 Å². The number of carbonyl (C=O) groups is 1. The third kappa shape index (κ3) is 4.67. The van der Waals surface area contributed by atoms with Crippen LogP contribution >= 0.6 is 11.3 Å². The third-order valence-electron chi connectivity index (χ3n) is 4.22. The van der Waals surface area contributed by atoms with Crippen LogP contribution < -0.4 is 9.64 Å². The molecule has 1 heterocycles. The second-order valence-corrected chi connectivity index (χ2v) is 9.41. The maximum atomic E-state index is 13.0. The molecule has 28 heavy (non-hydrogen) atoms. The van der Waals surface area contributed by atoms with Crippen molar-refractivity contribution in [2.24, 2.45) is 0 Å². The number of sulfonamides is 1. The molecular weight excluding hydrogens is 398 g/mol. The molecule has 2 aromatic carbocycles. The van der Waals surface area contributed by atoms with Crippen molar-refractivity contribution in [2.75, 3.05) is 31.9 Å². The molecule has 0 saturated carbocycles. The number of carbonyl (C=O) groups excluding carboxylic acids is 1. The first-order valence-corrected chi connectivity index (χ1v) is 11.1. The number of anilines is 1. The Labute approximate surface area is 168 Å². The van der Waals surface area contributed by atoms with Gasteiger partial charge in [-0.1, -0.05) is 41.7 Å². The van der Waals surface area contributed by atoms with Gasteiger partial charge in [-0.3, -0.25) is 9.69 Å². The molecule has 3 aromatic rings. The smallest absolute Gasteiger partial charge is 0.244 e. The van der Waals surface area contributed by atoms with Gasteiger partial charge in [-0.25, -0.2) is 13.4 Å². The first-order valence-electron chi connectivity index (χ1n) is 8.48. The lowest BCUT2D eigenvalue weighted by molar-refractivity contribution is -0.118. The first-order chi connectivity index (χ1) is 13.3. The highest BCUT2D eigenvalue weighted by Gasteiger charge is 2.24. The van der Waals surface area contributed by atoms with E-state index in [9.17, 15) is 13.2 Å². The Bertz CT molecular complexity index is 1080. The molecule has 0 fully saturated rings. The Kier molecular flexibility index (Phi) is 5.97. The molecule has 1 aromatic heterocycles. The van der Waals surface area contributed by atoms with Crippen molar-refractivity contribution in [3.8, 4) is 5.75 Å². The predicted molar refractivity (Wildman–Crippen MR) is 111 cm³/mol. The number of nitrogens with zero attached hydrogens (tertiary/aromatic N) is 3. The molecule has 148 valence electrons. The zero-order valence-corrected chi connectivity index (χ0v) is 17.5. The highest BCUT2D eigenvalue weighted by atomic mass is 32.2. The molecule has 1 amide bonds. The Morgan fingerprint density at radius 1 is 1.18 bits per heavy atom. The molecule has 0 radical (unpaired) electrons. The van der Waals surface area contributed by atoms with Gasteiger partial charge < -0.3 is 4.74 Å². The average Bonchev–Trinajstić information content (AvgIpc) is 3.08. The maximum Gasteiger partial charge on any atom is 0.244 e. The number of likely N-dealkylation sites (N-methyl/N-ethyl adjacent to an activating group) is 1. The number of methoxy groups -OCH3 is 1. The minimum Gasteiger partial charge on any atom is -0.497 e. The summed E-state index contributed by atoms with van der Waals surface area (Å²) in [4.78, 5) is 19.1. The zero-order valence-electron chi connectivity index (χ0n) is 15.8. The van der Waals surface area contributed by atoms with Crippen molar-refractivity contribution in [3.63, 3.8) is 0 Å². The Balaban J connectivity index is 1.96. The van der Waals surface area contributed by atoms with Crippen molar-refractivity contribution in [2.45, 2.75) is 6.54 Å². The van der Waals surface area contributed by atoms with E-state index in [4.69, 9.17) is 4.74 Å². The van der Waals surface area contributed by atoms with Crippen molar-refractivity contribution >= 4 is 42.6 Å². The second kappa shape index (κ2) is 8.26. The first kappa shape index (κ1) is 20.2. The summed E-state index contributed by atoms with van der Waals surface area (Å²) in [5.74, 6) is 0.364. The van der Waals surface area contributed by atoms with E-state index in [1.807, 2.05) is 48.5 Å². The van der Waals surface area contributed by atoms with E-state index in [-0.39, 0.29) is 12.5 Å². The topological polar surface area (TPSA) is 79.8 Å². The van der Waals surface area contributed by atoms with Crippen LogP contribution in [-0.4, -0.2) is 50.6 Å². The minimum absolute atomic E-state index is 0.259. The van der Waals surface area contributed by atoms with Gasteiger partial charge in [-0.05, 0) is 23.8 Å². The maximum absolute atomic E-state index is 13.0. The molecule has 0 unspecified atom stereocenters. The fourth-order valence-corrected chi connectivity index (χ4v) is 3.91. The van der Waals surface area contributed by atoms with Crippen LogP contribution in [0.25, 0.3) is 10.2 Å². The summed E-state index contributed by atoms with van der Waals surface area (Å²) >= 11 is 1.36. The van der Waals surface area contributed by atoms with Gasteiger partial charge in [0.1, 0.15) is 5.75 Å². The lowest BCUT2D eigenvalue weighted by atomic mass is 10.2. The van der Waals surface area contributed by atoms with E-state index in [1.54, 1.807) is 7.11 Å². The molecular formula is C19H21N3O4S2. The van der Waals surface area contributed by atoms with Crippen LogP contribution in [0.15, 0.2) is 48.5 Å². The molecule has 0 saturated heterocycles. The normalized spacial score (nSPS) is 11.7. The van der Waals surface area contributed by atoms with E-state index < -0.39 is 10.0 Å². The van der Waals surface area contributed by atoms with Gasteiger partial charge >= 0.3 is 0 Å². The number of thiazole rings is 1. The number of ether oxygens (including phenoxy) is 1. The van der Waals surface area contributed by atoms with E-state index in [2.05, 4.69) is 4.98 Å². The van der Waals surface area contributed by atoms with Crippen molar-refractivity contribution in [1.82, 2.24) is 9.29 Å². The summed E-state index contributed by atoms with van der Waals surface area (Å²) in [6.45, 7) is 0.0408. The zero-order chi connectivity index (χ0) is 20.3. The molecule has 9 heteroatoms. The van der Waals surface area contributed by atoms with Gasteiger partial charge in [0.05, 0.1) is 36.7 Å². The molecule has 0 aliphatic heterocycles.